The van der Waals surface area contributed by atoms with E-state index < -0.39 is 17.3 Å². The van der Waals surface area contributed by atoms with E-state index in [4.69, 9.17) is 11.6 Å². The molecular weight excluding hydrogens is 320 g/mol. The van der Waals surface area contributed by atoms with Gasteiger partial charge in [-0.1, -0.05) is 32.4 Å². The molecule has 0 unspecified atom stereocenters. The van der Waals surface area contributed by atoms with Crippen LogP contribution < -0.4 is 5.43 Å². The van der Waals surface area contributed by atoms with E-state index >= 15 is 0 Å². The Hall–Kier alpha value is -2.21. The van der Waals surface area contributed by atoms with Crippen molar-refractivity contribution in [3.05, 3.63) is 34.9 Å². The predicted octanol–water partition coefficient (Wildman–Crippen LogP) is 2.60. The fourth-order valence-electron chi connectivity index (χ4n) is 1.48. The highest BCUT2D eigenvalue weighted by Gasteiger charge is 2.26. The van der Waals surface area contributed by atoms with Crippen LogP contribution >= 0.6 is 11.6 Å². The fourth-order valence-corrected chi connectivity index (χ4v) is 1.60. The molecule has 124 valence electrons. The van der Waals surface area contributed by atoms with Gasteiger partial charge in [0.05, 0.1) is 13.5 Å². The number of amides is 1. The van der Waals surface area contributed by atoms with Gasteiger partial charge < -0.3 is 4.74 Å². The van der Waals surface area contributed by atoms with Crippen molar-refractivity contribution < 1.29 is 19.1 Å². The van der Waals surface area contributed by atoms with Gasteiger partial charge in [0.15, 0.2) is 5.71 Å². The second-order valence-electron chi connectivity index (χ2n) is 5.85. The molecule has 1 N–H and O–H groups in total. The Morgan fingerprint density at radius 1 is 1.17 bits per heavy atom. The van der Waals surface area contributed by atoms with Crippen LogP contribution in [0.2, 0.25) is 5.02 Å². The highest BCUT2D eigenvalue weighted by molar-refractivity contribution is 6.40. The standard InChI is InChI=1S/C16H19ClN2O4/c1-16(2,3)13(20)9-12(15(22)23-4)18-19-14(21)10-5-7-11(17)8-6-10/h5-8H,9H2,1-4H3,(H,19,21)/b18-12-. The number of ketones is 1. The molecule has 6 nitrogen and oxygen atoms in total. The van der Waals surface area contributed by atoms with Gasteiger partial charge in [0.25, 0.3) is 5.91 Å². The van der Waals surface area contributed by atoms with Crippen molar-refractivity contribution in [1.29, 1.82) is 0 Å². The van der Waals surface area contributed by atoms with E-state index in [9.17, 15) is 14.4 Å². The van der Waals surface area contributed by atoms with Crippen molar-refractivity contribution in [2.45, 2.75) is 27.2 Å². The first-order valence-electron chi connectivity index (χ1n) is 6.89. The van der Waals surface area contributed by atoms with Gasteiger partial charge in [-0.3, -0.25) is 9.59 Å². The summed E-state index contributed by atoms with van der Waals surface area (Å²) < 4.78 is 4.59. The molecule has 23 heavy (non-hydrogen) atoms. The Morgan fingerprint density at radius 3 is 2.22 bits per heavy atom. The molecule has 1 aromatic rings. The first kappa shape index (κ1) is 18.8. The highest BCUT2D eigenvalue weighted by Crippen LogP contribution is 2.17. The summed E-state index contributed by atoms with van der Waals surface area (Å²) in [4.78, 5) is 35.7. The zero-order chi connectivity index (χ0) is 17.6. The SMILES string of the molecule is COC(=O)/C(CC(=O)C(C)(C)C)=N\NC(=O)c1ccc(Cl)cc1. The Labute approximate surface area is 139 Å². The zero-order valence-corrected chi connectivity index (χ0v) is 14.2. The summed E-state index contributed by atoms with van der Waals surface area (Å²) in [6.07, 6.45) is -0.225. The maximum atomic E-state index is 12.0. The van der Waals surface area contributed by atoms with Gasteiger partial charge in [0, 0.05) is 16.0 Å². The summed E-state index contributed by atoms with van der Waals surface area (Å²) >= 11 is 5.75. The van der Waals surface area contributed by atoms with Gasteiger partial charge in [-0.25, -0.2) is 10.2 Å². The third-order valence-electron chi connectivity index (χ3n) is 2.98. The fraction of sp³-hybridized carbons (Fsp3) is 0.375. The van der Waals surface area contributed by atoms with Gasteiger partial charge in [-0.05, 0) is 24.3 Å². The Bertz CT molecular complexity index is 630. The molecule has 0 spiro atoms. The lowest BCUT2D eigenvalue weighted by Crippen LogP contribution is -2.30. The topological polar surface area (TPSA) is 84.8 Å². The van der Waals surface area contributed by atoms with Crippen LogP contribution in [0.25, 0.3) is 0 Å². The molecule has 0 saturated heterocycles. The third-order valence-corrected chi connectivity index (χ3v) is 3.24. The second-order valence-corrected chi connectivity index (χ2v) is 6.28. The van der Waals surface area contributed by atoms with Crippen LogP contribution in [0, 0.1) is 5.41 Å². The molecule has 0 heterocycles. The summed E-state index contributed by atoms with van der Waals surface area (Å²) in [6, 6.07) is 6.16. The van der Waals surface area contributed by atoms with Gasteiger partial charge in [-0.15, -0.1) is 0 Å². The van der Waals surface area contributed by atoms with Crippen molar-refractivity contribution in [1.82, 2.24) is 5.43 Å². The van der Waals surface area contributed by atoms with Crippen molar-refractivity contribution in [3.8, 4) is 0 Å². The van der Waals surface area contributed by atoms with E-state index in [1.165, 1.54) is 19.2 Å². The van der Waals surface area contributed by atoms with E-state index in [1.54, 1.807) is 32.9 Å². The number of esters is 1. The Kier molecular flexibility index (Phi) is 6.45. The molecule has 1 rings (SSSR count). The number of benzene rings is 1. The molecule has 0 radical (unpaired) electrons. The number of ether oxygens (including phenoxy) is 1. The van der Waals surface area contributed by atoms with Crippen LogP contribution in [0.4, 0.5) is 0 Å². The average Bonchev–Trinajstić information content (AvgIpc) is 2.49. The molecule has 0 fully saturated rings. The number of nitrogens with one attached hydrogen (secondary N) is 1. The zero-order valence-electron chi connectivity index (χ0n) is 13.5. The monoisotopic (exact) mass is 338 g/mol. The van der Waals surface area contributed by atoms with E-state index in [-0.39, 0.29) is 17.9 Å². The molecule has 1 aromatic carbocycles. The summed E-state index contributed by atoms with van der Waals surface area (Å²) in [5, 5.41) is 4.23. The highest BCUT2D eigenvalue weighted by atomic mass is 35.5. The number of methoxy groups -OCH3 is 1. The predicted molar refractivity (Wildman–Crippen MR) is 87.4 cm³/mol. The minimum Gasteiger partial charge on any atom is -0.464 e. The summed E-state index contributed by atoms with van der Waals surface area (Å²) in [5.74, 6) is -1.48. The number of carbonyl (C=O) groups is 3. The Balaban J connectivity index is 2.88. The van der Waals surface area contributed by atoms with Crippen LogP contribution in [0.1, 0.15) is 37.6 Å². The Morgan fingerprint density at radius 2 is 1.74 bits per heavy atom. The largest absolute Gasteiger partial charge is 0.464 e. The van der Waals surface area contributed by atoms with Gasteiger partial charge in [0.2, 0.25) is 0 Å². The average molecular weight is 339 g/mol. The van der Waals surface area contributed by atoms with Gasteiger partial charge in [-0.2, -0.15) is 5.10 Å². The number of rotatable bonds is 5. The number of nitrogens with zero attached hydrogens (tertiary/aromatic N) is 1. The van der Waals surface area contributed by atoms with Gasteiger partial charge in [0.1, 0.15) is 5.78 Å². The van der Waals surface area contributed by atoms with Crippen molar-refractivity contribution in [3.63, 3.8) is 0 Å². The number of hydrazone groups is 1. The molecule has 0 aliphatic carbocycles. The smallest absolute Gasteiger partial charge is 0.354 e. The maximum Gasteiger partial charge on any atom is 0.354 e. The van der Waals surface area contributed by atoms with Crippen LogP contribution in [0.5, 0.6) is 0 Å². The summed E-state index contributed by atoms with van der Waals surface area (Å²) in [6.45, 7) is 5.20. The molecule has 0 bridgehead atoms. The number of hydrogen-bond acceptors (Lipinski definition) is 5. The molecule has 0 aliphatic heterocycles. The van der Waals surface area contributed by atoms with Crippen LogP contribution in [0.3, 0.4) is 0 Å². The minimum atomic E-state index is -0.765. The molecule has 0 atom stereocenters. The van der Waals surface area contributed by atoms with Crippen molar-refractivity contribution in [2.24, 2.45) is 10.5 Å². The number of carbonyl (C=O) groups excluding carboxylic acids is 3. The molecule has 7 heteroatoms. The molecule has 1 amide bonds. The van der Waals surface area contributed by atoms with E-state index in [1.807, 2.05) is 0 Å². The first-order valence-corrected chi connectivity index (χ1v) is 7.27. The number of halogens is 1. The lowest BCUT2D eigenvalue weighted by atomic mass is 9.88. The maximum absolute atomic E-state index is 12.0. The minimum absolute atomic E-state index is 0.158. The lowest BCUT2D eigenvalue weighted by Gasteiger charge is -2.16. The number of Topliss-reactive ketones (excluding diaryl/α,β-unsaturated/α-hetero) is 1. The normalized spacial score (nSPS) is 11.8. The second kappa shape index (κ2) is 7.87. The van der Waals surface area contributed by atoms with E-state index in [0.717, 1.165) is 0 Å². The first-order chi connectivity index (χ1) is 10.6. The molecule has 0 aliphatic rings. The molecule has 0 saturated carbocycles. The molecular formula is C16H19ClN2O4. The van der Waals surface area contributed by atoms with Crippen molar-refractivity contribution >= 4 is 35.0 Å². The molecule has 0 aromatic heterocycles. The number of hydrogen-bond donors (Lipinski definition) is 1. The lowest BCUT2D eigenvalue weighted by molar-refractivity contribution is -0.134. The van der Waals surface area contributed by atoms with Gasteiger partial charge >= 0.3 is 5.97 Å². The van der Waals surface area contributed by atoms with Crippen molar-refractivity contribution in [2.75, 3.05) is 7.11 Å². The van der Waals surface area contributed by atoms with E-state index in [2.05, 4.69) is 15.3 Å². The third kappa shape index (κ3) is 5.83. The summed E-state index contributed by atoms with van der Waals surface area (Å²) in [7, 11) is 1.18. The quantitative estimate of drug-likeness (QED) is 0.508. The summed E-state index contributed by atoms with van der Waals surface area (Å²) in [5.41, 5.74) is 1.78. The van der Waals surface area contributed by atoms with Crippen LogP contribution in [-0.2, 0) is 14.3 Å². The van der Waals surface area contributed by atoms with Crippen LogP contribution in [0.15, 0.2) is 29.4 Å². The van der Waals surface area contributed by atoms with E-state index in [0.29, 0.717) is 10.6 Å². The van der Waals surface area contributed by atoms with Crippen LogP contribution in [-0.4, -0.2) is 30.5 Å².